The molecule has 0 saturated carbocycles. The van der Waals surface area contributed by atoms with E-state index in [1.165, 1.54) is 57.1 Å². The minimum absolute atomic E-state index is 0.0201. The summed E-state index contributed by atoms with van der Waals surface area (Å²) >= 11 is 11.5. The van der Waals surface area contributed by atoms with E-state index < -0.39 is 38.4 Å². The molecule has 2 aromatic rings. The molecule has 0 N–H and O–H groups in total. The molecular weight excluding hydrogens is 539 g/mol. The molecule has 0 radical (unpaired) electrons. The van der Waals surface area contributed by atoms with E-state index in [1.807, 2.05) is 12.1 Å². The molecule has 0 unspecified atom stereocenters. The average molecular weight is 563 g/mol. The van der Waals surface area contributed by atoms with Crippen LogP contribution in [0.5, 0.6) is 0 Å². The number of hydrogen-bond acceptors (Lipinski definition) is 8. The van der Waals surface area contributed by atoms with Crippen molar-refractivity contribution in [2.24, 2.45) is 0 Å². The van der Waals surface area contributed by atoms with Crippen LogP contribution in [0.1, 0.15) is 48.4 Å². The highest BCUT2D eigenvalue weighted by Crippen LogP contribution is 2.33. The summed E-state index contributed by atoms with van der Waals surface area (Å²) in [6, 6.07) is 12.0. The molecule has 0 fully saturated rings. The van der Waals surface area contributed by atoms with Crippen LogP contribution in [0.3, 0.4) is 0 Å². The van der Waals surface area contributed by atoms with Crippen molar-refractivity contribution in [2.45, 2.75) is 38.8 Å². The lowest BCUT2D eigenvalue weighted by Crippen LogP contribution is -2.44. The molecule has 12 nitrogen and oxygen atoms in total. The lowest BCUT2D eigenvalue weighted by Gasteiger charge is -2.29. The molecule has 200 valence electrons. The average Bonchev–Trinajstić information content (AvgIpc) is 2.86. The van der Waals surface area contributed by atoms with Gasteiger partial charge in [-0.3, -0.25) is 29.8 Å². The smallest absolute Gasteiger partial charge is 0.300 e. The molecule has 0 aliphatic carbocycles. The van der Waals surface area contributed by atoms with Crippen molar-refractivity contribution in [2.75, 3.05) is 14.1 Å². The van der Waals surface area contributed by atoms with E-state index >= 15 is 0 Å². The van der Waals surface area contributed by atoms with Crippen molar-refractivity contribution in [3.05, 3.63) is 77.8 Å². The number of benzene rings is 2. The summed E-state index contributed by atoms with van der Waals surface area (Å²) < 4.78 is 0. The number of nitrogens with zero attached hydrogens (tertiary/aromatic N) is 6. The van der Waals surface area contributed by atoms with Gasteiger partial charge in [0.15, 0.2) is 0 Å². The van der Waals surface area contributed by atoms with Gasteiger partial charge in [0, 0.05) is 25.2 Å². The van der Waals surface area contributed by atoms with Crippen LogP contribution < -0.4 is 0 Å². The monoisotopic (exact) mass is 562 g/mol. The van der Waals surface area contributed by atoms with Gasteiger partial charge >= 0.3 is 5.69 Å². The van der Waals surface area contributed by atoms with E-state index in [1.54, 1.807) is 19.9 Å². The standard InChI is InChI=1S/C12H11Cl2N3O3.C12H13N3O3/c1-12(2,6-15)16(3)11(18)8-4-7(13)5-9(14)10(8)17(19)20;1-12(2,8-13)14(3)11(16)9-6-4-5-7-10(9)15(17)18/h4-5H,1-3H3;4-7H,1-3H3. The molecule has 0 saturated heterocycles. The van der Waals surface area contributed by atoms with Gasteiger partial charge in [-0.2, -0.15) is 10.5 Å². The Morgan fingerprint density at radius 1 is 0.842 bits per heavy atom. The Morgan fingerprint density at radius 3 is 1.71 bits per heavy atom. The maximum Gasteiger partial charge on any atom is 0.300 e. The molecule has 0 spiro atoms. The van der Waals surface area contributed by atoms with E-state index in [-0.39, 0.29) is 26.9 Å². The van der Waals surface area contributed by atoms with Gasteiger partial charge in [-0.15, -0.1) is 0 Å². The predicted molar refractivity (Wildman–Crippen MR) is 140 cm³/mol. The minimum Gasteiger partial charge on any atom is -0.323 e. The number of amides is 2. The first-order chi connectivity index (χ1) is 17.4. The zero-order chi connectivity index (χ0) is 29.6. The first kappa shape index (κ1) is 31.8. The molecular formula is C24H24Cl2N6O6. The fourth-order valence-corrected chi connectivity index (χ4v) is 3.31. The number of halogens is 2. The Bertz CT molecular complexity index is 1360. The van der Waals surface area contributed by atoms with Crippen molar-refractivity contribution >= 4 is 46.4 Å². The minimum atomic E-state index is -1.13. The molecule has 0 atom stereocenters. The second kappa shape index (κ2) is 12.3. The Labute approximate surface area is 228 Å². The summed E-state index contributed by atoms with van der Waals surface area (Å²) in [5.74, 6) is -1.25. The Morgan fingerprint density at radius 2 is 1.29 bits per heavy atom. The molecule has 0 aromatic heterocycles. The molecule has 0 heterocycles. The van der Waals surface area contributed by atoms with Crippen LogP contribution in [0.2, 0.25) is 10.0 Å². The van der Waals surface area contributed by atoms with E-state index in [0.717, 1.165) is 11.0 Å². The number of nitro groups is 2. The summed E-state index contributed by atoms with van der Waals surface area (Å²) in [7, 11) is 2.83. The van der Waals surface area contributed by atoms with Crippen molar-refractivity contribution in [3.63, 3.8) is 0 Å². The fourth-order valence-electron chi connectivity index (χ4n) is 2.75. The van der Waals surface area contributed by atoms with Gasteiger partial charge in [-0.25, -0.2) is 0 Å². The number of hydrogen-bond donors (Lipinski definition) is 0. The highest BCUT2D eigenvalue weighted by Gasteiger charge is 2.34. The van der Waals surface area contributed by atoms with E-state index in [4.69, 9.17) is 33.7 Å². The third-order valence-corrected chi connectivity index (χ3v) is 6.11. The highest BCUT2D eigenvalue weighted by atomic mass is 35.5. The van der Waals surface area contributed by atoms with Crippen LogP contribution in [0, 0.1) is 42.9 Å². The normalized spacial score (nSPS) is 10.7. The number of nitriles is 2. The van der Waals surface area contributed by atoms with Crippen LogP contribution >= 0.6 is 23.2 Å². The molecule has 2 amide bonds. The molecule has 0 aliphatic rings. The first-order valence-electron chi connectivity index (χ1n) is 10.7. The van der Waals surface area contributed by atoms with Gasteiger partial charge < -0.3 is 9.80 Å². The molecule has 0 bridgehead atoms. The summed E-state index contributed by atoms with van der Waals surface area (Å²) in [6.07, 6.45) is 0. The Kier molecular flexibility index (Phi) is 10.3. The Balaban J connectivity index is 0.000000382. The zero-order valence-corrected chi connectivity index (χ0v) is 22.9. The second-order valence-corrected chi connectivity index (χ2v) is 9.73. The van der Waals surface area contributed by atoms with Crippen molar-refractivity contribution in [1.29, 1.82) is 10.5 Å². The summed E-state index contributed by atoms with van der Waals surface area (Å²) in [6.45, 7) is 6.17. The lowest BCUT2D eigenvalue weighted by molar-refractivity contribution is -0.385. The molecule has 2 rings (SSSR count). The first-order valence-corrected chi connectivity index (χ1v) is 11.4. The number of carbonyl (C=O) groups is 2. The SMILES string of the molecule is CN(C(=O)c1cc(Cl)cc(Cl)c1[N+](=O)[O-])C(C)(C)C#N.CN(C(=O)c1ccccc1[N+](=O)[O-])C(C)(C)C#N. The van der Waals surface area contributed by atoms with Crippen molar-refractivity contribution < 1.29 is 19.4 Å². The summed E-state index contributed by atoms with van der Waals surface area (Å²) in [5, 5.41) is 39.7. The van der Waals surface area contributed by atoms with E-state index in [9.17, 15) is 29.8 Å². The summed E-state index contributed by atoms with van der Waals surface area (Å²) in [5.41, 5.74) is -3.21. The topological polar surface area (TPSA) is 174 Å². The van der Waals surface area contributed by atoms with Gasteiger partial charge in [0.1, 0.15) is 27.2 Å². The third kappa shape index (κ3) is 7.16. The fraction of sp³-hybridized carbons (Fsp3) is 0.333. The third-order valence-electron chi connectivity index (χ3n) is 5.61. The van der Waals surface area contributed by atoms with Crippen molar-refractivity contribution in [3.8, 4) is 12.1 Å². The highest BCUT2D eigenvalue weighted by molar-refractivity contribution is 6.37. The van der Waals surface area contributed by atoms with Gasteiger partial charge in [-0.1, -0.05) is 35.3 Å². The van der Waals surface area contributed by atoms with Gasteiger partial charge in [0.05, 0.1) is 22.0 Å². The van der Waals surface area contributed by atoms with E-state index in [2.05, 4.69) is 0 Å². The number of para-hydroxylation sites is 1. The maximum absolute atomic E-state index is 12.3. The molecule has 0 aliphatic heterocycles. The van der Waals surface area contributed by atoms with Crippen LogP contribution in [0.25, 0.3) is 0 Å². The van der Waals surface area contributed by atoms with Crippen LogP contribution in [-0.2, 0) is 0 Å². The number of nitro benzene ring substituents is 2. The summed E-state index contributed by atoms with van der Waals surface area (Å²) in [4.78, 5) is 47.3. The number of carbonyl (C=O) groups excluding carboxylic acids is 2. The number of rotatable bonds is 6. The quantitative estimate of drug-likeness (QED) is 0.338. The van der Waals surface area contributed by atoms with Gasteiger partial charge in [0.25, 0.3) is 17.5 Å². The molecule has 2 aromatic carbocycles. The second-order valence-electron chi connectivity index (χ2n) is 8.89. The largest absolute Gasteiger partial charge is 0.323 e. The zero-order valence-electron chi connectivity index (χ0n) is 21.4. The van der Waals surface area contributed by atoms with Crippen LogP contribution in [0.4, 0.5) is 11.4 Å². The maximum atomic E-state index is 12.3. The Hall–Kier alpha value is -4.26. The van der Waals surface area contributed by atoms with E-state index in [0.29, 0.717) is 0 Å². The van der Waals surface area contributed by atoms with Crippen LogP contribution in [0.15, 0.2) is 36.4 Å². The molecule has 14 heteroatoms. The van der Waals surface area contributed by atoms with Crippen LogP contribution in [-0.4, -0.2) is 56.6 Å². The van der Waals surface area contributed by atoms with Gasteiger partial charge in [-0.05, 0) is 45.9 Å². The van der Waals surface area contributed by atoms with Crippen molar-refractivity contribution in [1.82, 2.24) is 9.80 Å². The molecule has 38 heavy (non-hydrogen) atoms. The predicted octanol–water partition coefficient (Wildman–Crippen LogP) is 5.24. The lowest BCUT2D eigenvalue weighted by atomic mass is 10.0. The van der Waals surface area contributed by atoms with Gasteiger partial charge in [0.2, 0.25) is 0 Å².